The SMILES string of the molecule is CC(Nc1ccc2cc(N)ccc2n1)C(=O)NC(C)(C)C. The number of benzene rings is 1. The maximum absolute atomic E-state index is 12.1. The first-order valence-electron chi connectivity index (χ1n) is 6.99. The predicted octanol–water partition coefficient (Wildman–Crippen LogP) is 2.53. The number of hydrogen-bond acceptors (Lipinski definition) is 4. The number of amides is 1. The molecule has 0 aliphatic carbocycles. The second-order valence-corrected chi connectivity index (χ2v) is 6.25. The molecule has 0 saturated carbocycles. The zero-order valence-corrected chi connectivity index (χ0v) is 12.9. The Kier molecular flexibility index (Phi) is 4.02. The molecule has 1 amide bonds. The molecule has 2 rings (SSSR count). The molecule has 1 unspecified atom stereocenters. The number of fused-ring (bicyclic) bond motifs is 1. The van der Waals surface area contributed by atoms with Gasteiger partial charge in [-0.3, -0.25) is 4.79 Å². The molecule has 0 radical (unpaired) electrons. The second-order valence-electron chi connectivity index (χ2n) is 6.25. The van der Waals surface area contributed by atoms with Crippen molar-refractivity contribution in [2.24, 2.45) is 0 Å². The molecule has 0 spiro atoms. The van der Waals surface area contributed by atoms with Gasteiger partial charge in [-0.1, -0.05) is 0 Å². The lowest BCUT2D eigenvalue weighted by Gasteiger charge is -2.24. The van der Waals surface area contributed by atoms with Crippen LogP contribution in [0.15, 0.2) is 30.3 Å². The van der Waals surface area contributed by atoms with Crippen molar-refractivity contribution in [1.82, 2.24) is 10.3 Å². The van der Waals surface area contributed by atoms with E-state index < -0.39 is 0 Å². The third-order valence-electron chi connectivity index (χ3n) is 2.97. The van der Waals surface area contributed by atoms with Gasteiger partial charge in [-0.25, -0.2) is 4.98 Å². The third kappa shape index (κ3) is 4.08. The smallest absolute Gasteiger partial charge is 0.242 e. The summed E-state index contributed by atoms with van der Waals surface area (Å²) in [5.41, 5.74) is 7.05. The summed E-state index contributed by atoms with van der Waals surface area (Å²) in [5.74, 6) is 0.616. The summed E-state index contributed by atoms with van der Waals surface area (Å²) in [7, 11) is 0. The average Bonchev–Trinajstić information content (AvgIpc) is 2.37. The Bertz CT molecular complexity index is 661. The molecule has 1 aromatic heterocycles. The fourth-order valence-corrected chi connectivity index (χ4v) is 1.99. The van der Waals surface area contributed by atoms with Gasteiger partial charge in [0, 0.05) is 16.6 Å². The van der Waals surface area contributed by atoms with Gasteiger partial charge < -0.3 is 16.4 Å². The fraction of sp³-hybridized carbons (Fsp3) is 0.375. The summed E-state index contributed by atoms with van der Waals surface area (Å²) in [6.07, 6.45) is 0. The number of carbonyl (C=O) groups excluding carboxylic acids is 1. The largest absolute Gasteiger partial charge is 0.399 e. The van der Waals surface area contributed by atoms with E-state index in [9.17, 15) is 4.79 Å². The van der Waals surface area contributed by atoms with Crippen LogP contribution in [0.3, 0.4) is 0 Å². The summed E-state index contributed by atoms with van der Waals surface area (Å²) < 4.78 is 0. The normalized spacial score (nSPS) is 13.0. The number of carbonyl (C=O) groups is 1. The van der Waals surface area contributed by atoms with Gasteiger partial charge in [0.1, 0.15) is 11.9 Å². The van der Waals surface area contributed by atoms with Gasteiger partial charge in [0.05, 0.1) is 5.52 Å². The topological polar surface area (TPSA) is 80.0 Å². The fourth-order valence-electron chi connectivity index (χ4n) is 1.99. The summed E-state index contributed by atoms with van der Waals surface area (Å²) in [6, 6.07) is 8.99. The van der Waals surface area contributed by atoms with E-state index in [1.165, 1.54) is 0 Å². The first-order chi connectivity index (χ1) is 9.74. The van der Waals surface area contributed by atoms with E-state index in [1.54, 1.807) is 0 Å². The Balaban J connectivity index is 2.12. The monoisotopic (exact) mass is 286 g/mol. The van der Waals surface area contributed by atoms with E-state index in [2.05, 4.69) is 15.6 Å². The van der Waals surface area contributed by atoms with E-state index in [4.69, 9.17) is 5.73 Å². The number of nitrogen functional groups attached to an aromatic ring is 1. The van der Waals surface area contributed by atoms with Gasteiger partial charge >= 0.3 is 0 Å². The van der Waals surface area contributed by atoms with E-state index in [0.29, 0.717) is 11.5 Å². The van der Waals surface area contributed by atoms with Gasteiger partial charge in [0.2, 0.25) is 5.91 Å². The Hall–Kier alpha value is -2.30. The number of anilines is 2. The van der Waals surface area contributed by atoms with E-state index in [1.807, 2.05) is 58.0 Å². The lowest BCUT2D eigenvalue weighted by Crippen LogP contribution is -2.47. The molecule has 0 aliphatic heterocycles. The van der Waals surface area contributed by atoms with Gasteiger partial charge in [-0.15, -0.1) is 0 Å². The Morgan fingerprint density at radius 1 is 1.24 bits per heavy atom. The van der Waals surface area contributed by atoms with Crippen LogP contribution in [0.4, 0.5) is 11.5 Å². The molecular formula is C16H22N4O. The molecule has 5 heteroatoms. The summed E-state index contributed by atoms with van der Waals surface area (Å²) in [5, 5.41) is 7.03. The molecule has 0 aliphatic rings. The van der Waals surface area contributed by atoms with Gasteiger partial charge in [0.25, 0.3) is 0 Å². The van der Waals surface area contributed by atoms with Crippen LogP contribution in [0.5, 0.6) is 0 Å². The number of nitrogens with two attached hydrogens (primary N) is 1. The van der Waals surface area contributed by atoms with Crippen LogP contribution in [0.1, 0.15) is 27.7 Å². The van der Waals surface area contributed by atoms with Crippen molar-refractivity contribution in [3.8, 4) is 0 Å². The minimum absolute atomic E-state index is 0.0540. The Labute approximate surface area is 124 Å². The number of aromatic nitrogens is 1. The first-order valence-corrected chi connectivity index (χ1v) is 6.99. The molecule has 0 saturated heterocycles. The van der Waals surface area contributed by atoms with Gasteiger partial charge in [0.15, 0.2) is 0 Å². The van der Waals surface area contributed by atoms with Crippen LogP contribution in [0.2, 0.25) is 0 Å². The van der Waals surface area contributed by atoms with Gasteiger partial charge in [-0.2, -0.15) is 0 Å². The Morgan fingerprint density at radius 2 is 1.95 bits per heavy atom. The molecule has 1 aromatic carbocycles. The molecule has 4 N–H and O–H groups in total. The zero-order chi connectivity index (χ0) is 15.6. The molecule has 21 heavy (non-hydrogen) atoms. The van der Waals surface area contributed by atoms with Crippen LogP contribution in [0.25, 0.3) is 10.9 Å². The summed E-state index contributed by atoms with van der Waals surface area (Å²) in [4.78, 5) is 16.5. The van der Waals surface area contributed by atoms with Crippen LogP contribution in [-0.4, -0.2) is 22.5 Å². The number of rotatable bonds is 3. The van der Waals surface area contributed by atoms with Crippen molar-refractivity contribution < 1.29 is 4.79 Å². The maximum Gasteiger partial charge on any atom is 0.242 e. The first kappa shape index (κ1) is 15.1. The highest BCUT2D eigenvalue weighted by atomic mass is 16.2. The standard InChI is InChI=1S/C16H22N4O/c1-10(15(21)20-16(2,3)4)18-14-8-5-11-9-12(17)6-7-13(11)19-14/h5-10H,17H2,1-4H3,(H,18,19)(H,20,21). The van der Waals surface area contributed by atoms with Crippen molar-refractivity contribution in [2.45, 2.75) is 39.3 Å². The van der Waals surface area contributed by atoms with Crippen LogP contribution >= 0.6 is 0 Å². The summed E-state index contributed by atoms with van der Waals surface area (Å²) >= 11 is 0. The van der Waals surface area contributed by atoms with Crippen molar-refractivity contribution in [3.05, 3.63) is 30.3 Å². The second kappa shape index (κ2) is 5.60. The number of nitrogens with one attached hydrogen (secondary N) is 2. The highest BCUT2D eigenvalue weighted by Crippen LogP contribution is 2.18. The molecule has 0 fully saturated rings. The Morgan fingerprint density at radius 3 is 2.62 bits per heavy atom. The lowest BCUT2D eigenvalue weighted by atomic mass is 10.1. The minimum atomic E-state index is -0.358. The van der Waals surface area contributed by atoms with Crippen LogP contribution in [-0.2, 0) is 4.79 Å². The van der Waals surface area contributed by atoms with E-state index in [0.717, 1.165) is 10.9 Å². The van der Waals surface area contributed by atoms with E-state index >= 15 is 0 Å². The zero-order valence-electron chi connectivity index (χ0n) is 12.9. The van der Waals surface area contributed by atoms with Crippen LogP contribution in [0, 0.1) is 0 Å². The predicted molar refractivity (Wildman–Crippen MR) is 87.1 cm³/mol. The number of hydrogen-bond donors (Lipinski definition) is 3. The third-order valence-corrected chi connectivity index (χ3v) is 2.97. The number of pyridine rings is 1. The quantitative estimate of drug-likeness (QED) is 0.757. The molecule has 112 valence electrons. The van der Waals surface area contributed by atoms with Crippen molar-refractivity contribution in [1.29, 1.82) is 0 Å². The molecule has 2 aromatic rings. The summed E-state index contributed by atoms with van der Waals surface area (Å²) in [6.45, 7) is 7.68. The highest BCUT2D eigenvalue weighted by Gasteiger charge is 2.19. The van der Waals surface area contributed by atoms with Crippen molar-refractivity contribution >= 4 is 28.3 Å². The average molecular weight is 286 g/mol. The van der Waals surface area contributed by atoms with E-state index in [-0.39, 0.29) is 17.5 Å². The molecule has 5 nitrogen and oxygen atoms in total. The number of nitrogens with zero attached hydrogens (tertiary/aromatic N) is 1. The molecule has 1 heterocycles. The van der Waals surface area contributed by atoms with Gasteiger partial charge in [-0.05, 0) is 58.0 Å². The molecular weight excluding hydrogens is 264 g/mol. The lowest BCUT2D eigenvalue weighted by molar-refractivity contribution is -0.122. The minimum Gasteiger partial charge on any atom is -0.399 e. The van der Waals surface area contributed by atoms with Crippen LogP contribution < -0.4 is 16.4 Å². The maximum atomic E-state index is 12.1. The highest BCUT2D eigenvalue weighted by molar-refractivity contribution is 5.86. The molecule has 1 atom stereocenters. The van der Waals surface area contributed by atoms with Crippen molar-refractivity contribution in [2.75, 3.05) is 11.1 Å². The van der Waals surface area contributed by atoms with Crippen molar-refractivity contribution in [3.63, 3.8) is 0 Å². The molecule has 0 bridgehead atoms.